The monoisotopic (exact) mass is 449 g/mol. The third-order valence-electron chi connectivity index (χ3n) is 7.21. The van der Waals surface area contributed by atoms with Gasteiger partial charge in [-0.2, -0.15) is 5.10 Å². The van der Waals surface area contributed by atoms with E-state index >= 15 is 0 Å². The summed E-state index contributed by atoms with van der Waals surface area (Å²) in [7, 11) is 0. The number of fused-ring (bicyclic) bond motifs is 1. The Morgan fingerprint density at radius 2 is 1.85 bits per heavy atom. The molecule has 3 heterocycles. The summed E-state index contributed by atoms with van der Waals surface area (Å²) in [5.41, 5.74) is 7.77. The molecule has 0 unspecified atom stereocenters. The summed E-state index contributed by atoms with van der Waals surface area (Å²) in [5.74, 6) is 0.549. The van der Waals surface area contributed by atoms with Crippen LogP contribution in [0.15, 0.2) is 73.6 Å². The molecule has 0 spiro atoms. The number of hydrogen-bond donors (Lipinski definition) is 2. The van der Waals surface area contributed by atoms with Crippen molar-refractivity contribution in [1.82, 2.24) is 25.4 Å². The third-order valence-corrected chi connectivity index (χ3v) is 7.21. The summed E-state index contributed by atoms with van der Waals surface area (Å²) in [5, 5.41) is 12.5. The van der Waals surface area contributed by atoms with Gasteiger partial charge in [0.1, 0.15) is 5.69 Å². The van der Waals surface area contributed by atoms with Gasteiger partial charge in [0.25, 0.3) is 0 Å². The molecule has 4 aromatic rings. The summed E-state index contributed by atoms with van der Waals surface area (Å²) in [4.78, 5) is 7.10. The van der Waals surface area contributed by atoms with E-state index in [-0.39, 0.29) is 0 Å². The van der Waals surface area contributed by atoms with Crippen molar-refractivity contribution in [3.63, 3.8) is 0 Å². The van der Waals surface area contributed by atoms with Crippen LogP contribution in [0.4, 0.5) is 0 Å². The summed E-state index contributed by atoms with van der Waals surface area (Å²) < 4.78 is 0. The fourth-order valence-corrected chi connectivity index (χ4v) is 5.25. The second-order valence-corrected chi connectivity index (χ2v) is 9.73. The third kappa shape index (κ3) is 4.36. The Morgan fingerprint density at radius 1 is 1.00 bits per heavy atom. The molecule has 5 nitrogen and oxygen atoms in total. The SMILES string of the molecule is C=C(N[C@H]1C[C@@H]1c1ccccc1)c1n[nH]c2ccc(-c3cncc(CN4CCCCC4)c3)cc12. The zero-order chi connectivity index (χ0) is 22.9. The quantitative estimate of drug-likeness (QED) is 0.378. The van der Waals surface area contributed by atoms with E-state index in [0.29, 0.717) is 12.0 Å². The second kappa shape index (κ2) is 9.07. The highest BCUT2D eigenvalue weighted by Crippen LogP contribution is 2.42. The highest BCUT2D eigenvalue weighted by molar-refractivity contribution is 5.92. The van der Waals surface area contributed by atoms with Gasteiger partial charge in [-0.05, 0) is 67.2 Å². The molecule has 2 atom stereocenters. The lowest BCUT2D eigenvalue weighted by molar-refractivity contribution is 0.220. The van der Waals surface area contributed by atoms with Crippen LogP contribution in [0, 0.1) is 0 Å². The minimum Gasteiger partial charge on any atom is -0.380 e. The molecule has 6 rings (SSSR count). The van der Waals surface area contributed by atoms with E-state index < -0.39 is 0 Å². The van der Waals surface area contributed by atoms with Crippen molar-refractivity contribution in [2.24, 2.45) is 0 Å². The Morgan fingerprint density at radius 3 is 2.71 bits per heavy atom. The zero-order valence-electron chi connectivity index (χ0n) is 19.5. The standard InChI is InChI=1S/C29H31N5/c1-20(31-28-16-25(28)22-8-4-2-5-9-22)29-26-15-23(10-11-27(26)32-33-29)24-14-21(17-30-18-24)19-34-12-6-3-7-13-34/h2,4-5,8-11,14-15,17-18,25,28,31H,1,3,6-7,12-13,16,19H2,(H,32,33)/t25-,28+/m1/s1. The maximum atomic E-state index is 4.59. The first-order valence-electron chi connectivity index (χ1n) is 12.4. The maximum Gasteiger partial charge on any atom is 0.115 e. The molecule has 172 valence electrons. The molecule has 2 N–H and O–H groups in total. The van der Waals surface area contributed by atoms with Crippen LogP contribution < -0.4 is 5.32 Å². The van der Waals surface area contributed by atoms with Gasteiger partial charge < -0.3 is 5.32 Å². The van der Waals surface area contributed by atoms with E-state index in [4.69, 9.17) is 0 Å². The van der Waals surface area contributed by atoms with E-state index in [9.17, 15) is 0 Å². The molecule has 2 aromatic heterocycles. The number of pyridine rings is 1. The van der Waals surface area contributed by atoms with Gasteiger partial charge in [0.05, 0.1) is 11.2 Å². The highest BCUT2D eigenvalue weighted by Gasteiger charge is 2.38. The minimum absolute atomic E-state index is 0.417. The Balaban J connectivity index is 1.20. The van der Waals surface area contributed by atoms with E-state index in [1.165, 1.54) is 43.5 Å². The predicted octanol–water partition coefficient (Wildman–Crippen LogP) is 5.73. The van der Waals surface area contributed by atoms with Gasteiger partial charge in [-0.3, -0.25) is 15.0 Å². The van der Waals surface area contributed by atoms with Gasteiger partial charge >= 0.3 is 0 Å². The molecule has 0 amide bonds. The molecule has 2 fully saturated rings. The van der Waals surface area contributed by atoms with E-state index in [1.54, 1.807) is 0 Å². The largest absolute Gasteiger partial charge is 0.380 e. The van der Waals surface area contributed by atoms with Gasteiger partial charge in [0, 0.05) is 41.8 Å². The van der Waals surface area contributed by atoms with Gasteiger partial charge in [0.2, 0.25) is 0 Å². The summed E-state index contributed by atoms with van der Waals surface area (Å²) in [6.45, 7) is 7.68. The average Bonchev–Trinajstić information content (AvgIpc) is 3.51. The average molecular weight is 450 g/mol. The summed E-state index contributed by atoms with van der Waals surface area (Å²) in [6, 6.07) is 19.9. The fraction of sp³-hybridized carbons (Fsp3) is 0.310. The van der Waals surface area contributed by atoms with Gasteiger partial charge in [-0.25, -0.2) is 0 Å². The van der Waals surface area contributed by atoms with Crippen LogP contribution in [0.2, 0.25) is 0 Å². The number of H-pyrrole nitrogens is 1. The van der Waals surface area contributed by atoms with E-state index in [2.05, 4.69) is 86.6 Å². The molecule has 1 saturated carbocycles. The first-order chi connectivity index (χ1) is 16.7. The molecule has 1 aliphatic heterocycles. The zero-order valence-corrected chi connectivity index (χ0v) is 19.5. The Labute approximate surface area is 200 Å². The van der Waals surface area contributed by atoms with Crippen LogP contribution in [0.3, 0.4) is 0 Å². The molecular weight excluding hydrogens is 418 g/mol. The van der Waals surface area contributed by atoms with Crippen LogP contribution >= 0.6 is 0 Å². The topological polar surface area (TPSA) is 56.8 Å². The van der Waals surface area contributed by atoms with Gasteiger partial charge in [-0.15, -0.1) is 0 Å². The fourth-order valence-electron chi connectivity index (χ4n) is 5.25. The van der Waals surface area contributed by atoms with Crippen molar-refractivity contribution in [1.29, 1.82) is 0 Å². The van der Waals surface area contributed by atoms with Gasteiger partial charge in [0.15, 0.2) is 0 Å². The smallest absolute Gasteiger partial charge is 0.115 e. The lowest BCUT2D eigenvalue weighted by atomic mass is 10.0. The Bertz CT molecular complexity index is 1300. The number of nitrogens with zero attached hydrogens (tertiary/aromatic N) is 3. The van der Waals surface area contributed by atoms with Crippen molar-refractivity contribution in [3.8, 4) is 11.1 Å². The maximum absolute atomic E-state index is 4.59. The Kier molecular flexibility index (Phi) is 5.63. The molecular formula is C29H31N5. The number of rotatable bonds is 7. The molecule has 34 heavy (non-hydrogen) atoms. The van der Waals surface area contributed by atoms with Crippen molar-refractivity contribution < 1.29 is 0 Å². The predicted molar refractivity (Wildman–Crippen MR) is 138 cm³/mol. The first-order valence-corrected chi connectivity index (χ1v) is 12.4. The summed E-state index contributed by atoms with van der Waals surface area (Å²) >= 11 is 0. The highest BCUT2D eigenvalue weighted by atomic mass is 15.1. The molecule has 1 aliphatic carbocycles. The van der Waals surface area contributed by atoms with E-state index in [1.807, 2.05) is 12.4 Å². The normalized spacial score (nSPS) is 20.4. The van der Waals surface area contributed by atoms with Crippen LogP contribution in [0.25, 0.3) is 27.7 Å². The summed E-state index contributed by atoms with van der Waals surface area (Å²) in [6.07, 6.45) is 9.06. The number of likely N-dealkylation sites (tertiary alicyclic amines) is 1. The van der Waals surface area contributed by atoms with Crippen molar-refractivity contribution in [2.75, 3.05) is 13.1 Å². The number of piperidine rings is 1. The molecule has 0 radical (unpaired) electrons. The number of nitrogens with one attached hydrogen (secondary N) is 2. The van der Waals surface area contributed by atoms with Crippen LogP contribution in [-0.4, -0.2) is 39.2 Å². The van der Waals surface area contributed by atoms with Crippen LogP contribution in [-0.2, 0) is 6.54 Å². The molecule has 2 aliphatic rings. The van der Waals surface area contributed by atoms with Gasteiger partial charge in [-0.1, -0.05) is 49.4 Å². The molecule has 1 saturated heterocycles. The lowest BCUT2D eigenvalue weighted by Crippen LogP contribution is -2.29. The first kappa shape index (κ1) is 21.1. The second-order valence-electron chi connectivity index (χ2n) is 9.73. The number of benzene rings is 2. The van der Waals surface area contributed by atoms with E-state index in [0.717, 1.165) is 46.4 Å². The molecule has 2 aromatic carbocycles. The number of aromatic nitrogens is 3. The van der Waals surface area contributed by atoms with Crippen molar-refractivity contribution in [3.05, 3.63) is 90.4 Å². The van der Waals surface area contributed by atoms with Crippen molar-refractivity contribution >= 4 is 16.6 Å². The van der Waals surface area contributed by atoms with Crippen LogP contribution in [0.1, 0.15) is 48.4 Å². The number of aromatic amines is 1. The molecule has 0 bridgehead atoms. The Hall–Kier alpha value is -3.44. The minimum atomic E-state index is 0.417. The number of hydrogen-bond acceptors (Lipinski definition) is 4. The van der Waals surface area contributed by atoms with Crippen LogP contribution in [0.5, 0.6) is 0 Å². The lowest BCUT2D eigenvalue weighted by Gasteiger charge is -2.26. The molecule has 5 heteroatoms. The van der Waals surface area contributed by atoms with Crippen molar-refractivity contribution in [2.45, 2.75) is 44.2 Å².